The molecule has 0 saturated carbocycles. The number of hydrogen-bond acceptors (Lipinski definition) is 3. The quantitative estimate of drug-likeness (QED) is 0.706. The topological polar surface area (TPSA) is 75.4 Å². The Labute approximate surface area is 109 Å². The van der Waals surface area contributed by atoms with Crippen molar-refractivity contribution in [2.75, 3.05) is 13.1 Å². The molecule has 1 heterocycles. The van der Waals surface area contributed by atoms with E-state index in [1.54, 1.807) is 6.92 Å². The van der Waals surface area contributed by atoms with Crippen LogP contribution in [-0.4, -0.2) is 35.5 Å². The van der Waals surface area contributed by atoms with Crippen LogP contribution in [0.1, 0.15) is 47.0 Å². The first-order valence-electron chi connectivity index (χ1n) is 6.60. The number of nitrogens with two attached hydrogens (primary N) is 1. The predicted octanol–water partition coefficient (Wildman–Crippen LogP) is 1.47. The number of imide groups is 1. The first-order valence-corrected chi connectivity index (χ1v) is 6.60. The number of rotatable bonds is 6. The van der Waals surface area contributed by atoms with Crippen molar-refractivity contribution in [1.29, 1.82) is 0 Å². The number of carbonyl (C=O) groups excluding carboxylic acids is 2. The molecule has 1 rings (SSSR count). The van der Waals surface area contributed by atoms with Gasteiger partial charge in [-0.2, -0.15) is 0 Å². The zero-order valence-electron chi connectivity index (χ0n) is 11.9. The second-order valence-corrected chi connectivity index (χ2v) is 6.04. The van der Waals surface area contributed by atoms with Crippen molar-refractivity contribution in [2.45, 2.75) is 52.5 Å². The maximum atomic E-state index is 12.1. The van der Waals surface area contributed by atoms with E-state index in [0.717, 1.165) is 12.8 Å². The van der Waals surface area contributed by atoms with E-state index in [4.69, 9.17) is 5.73 Å². The Kier molecular flexibility index (Phi) is 4.37. The summed E-state index contributed by atoms with van der Waals surface area (Å²) in [4.78, 5) is 25.2. The summed E-state index contributed by atoms with van der Waals surface area (Å²) in [6, 6.07) is -0.269. The fourth-order valence-corrected chi connectivity index (χ4v) is 2.01. The summed E-state index contributed by atoms with van der Waals surface area (Å²) in [5.74, 6) is -0.111. The molecule has 1 aliphatic rings. The van der Waals surface area contributed by atoms with E-state index in [0.29, 0.717) is 19.5 Å². The number of nitrogens with zero attached hydrogens (tertiary/aromatic N) is 1. The monoisotopic (exact) mass is 255 g/mol. The highest BCUT2D eigenvalue weighted by atomic mass is 16.2. The van der Waals surface area contributed by atoms with E-state index in [1.165, 1.54) is 4.90 Å². The van der Waals surface area contributed by atoms with Gasteiger partial charge in [0.2, 0.25) is 0 Å². The highest BCUT2D eigenvalue weighted by molar-refractivity contribution is 6.06. The zero-order valence-corrected chi connectivity index (χ0v) is 11.9. The summed E-state index contributed by atoms with van der Waals surface area (Å²) in [6.45, 7) is 8.95. The van der Waals surface area contributed by atoms with Crippen LogP contribution in [0.4, 0.5) is 4.79 Å². The fourth-order valence-electron chi connectivity index (χ4n) is 2.01. The normalized spacial score (nSPS) is 24.6. The Hall–Kier alpha value is -1.10. The highest BCUT2D eigenvalue weighted by Crippen LogP contribution is 2.24. The van der Waals surface area contributed by atoms with E-state index >= 15 is 0 Å². The van der Waals surface area contributed by atoms with Crippen molar-refractivity contribution in [3.05, 3.63) is 0 Å². The van der Waals surface area contributed by atoms with Crippen LogP contribution in [0.5, 0.6) is 0 Å². The zero-order chi connectivity index (χ0) is 14.0. The molecule has 0 aromatic heterocycles. The molecule has 18 heavy (non-hydrogen) atoms. The molecule has 0 spiro atoms. The van der Waals surface area contributed by atoms with Gasteiger partial charge in [0, 0.05) is 6.54 Å². The van der Waals surface area contributed by atoms with Crippen LogP contribution in [0.3, 0.4) is 0 Å². The smallest absolute Gasteiger partial charge is 0.325 e. The van der Waals surface area contributed by atoms with Crippen molar-refractivity contribution >= 4 is 11.9 Å². The third-order valence-corrected chi connectivity index (χ3v) is 3.84. The van der Waals surface area contributed by atoms with Gasteiger partial charge < -0.3 is 11.1 Å². The molecule has 1 fully saturated rings. The predicted molar refractivity (Wildman–Crippen MR) is 71.0 cm³/mol. The van der Waals surface area contributed by atoms with Crippen molar-refractivity contribution in [3.8, 4) is 0 Å². The third-order valence-electron chi connectivity index (χ3n) is 3.84. The van der Waals surface area contributed by atoms with Gasteiger partial charge in [0.15, 0.2) is 0 Å². The van der Waals surface area contributed by atoms with E-state index in [1.807, 2.05) is 6.92 Å². The average Bonchev–Trinajstić information content (AvgIpc) is 2.53. The standard InChI is InChI=1S/C13H25N3O2/c1-5-13(4)10(17)16(11(18)15-13)8-6-7-12(2,3)9-14/h5-9,14H2,1-4H3,(H,15,18). The van der Waals surface area contributed by atoms with Crippen molar-refractivity contribution in [1.82, 2.24) is 10.2 Å². The minimum Gasteiger partial charge on any atom is -0.330 e. The van der Waals surface area contributed by atoms with Crippen molar-refractivity contribution < 1.29 is 9.59 Å². The minimum absolute atomic E-state index is 0.0628. The van der Waals surface area contributed by atoms with Crippen LogP contribution in [0.25, 0.3) is 0 Å². The molecule has 3 amide bonds. The summed E-state index contributed by atoms with van der Waals surface area (Å²) in [5.41, 5.74) is 5.00. The second-order valence-electron chi connectivity index (χ2n) is 6.04. The molecular formula is C13H25N3O2. The van der Waals surface area contributed by atoms with Gasteiger partial charge in [-0.3, -0.25) is 9.69 Å². The van der Waals surface area contributed by atoms with Gasteiger partial charge >= 0.3 is 6.03 Å². The van der Waals surface area contributed by atoms with E-state index in [2.05, 4.69) is 19.2 Å². The SMILES string of the molecule is CCC1(C)NC(=O)N(CCCC(C)(C)CN)C1=O. The lowest BCUT2D eigenvalue weighted by Gasteiger charge is -2.23. The lowest BCUT2D eigenvalue weighted by Crippen LogP contribution is -2.43. The summed E-state index contributed by atoms with van der Waals surface area (Å²) in [7, 11) is 0. The van der Waals surface area contributed by atoms with Crippen molar-refractivity contribution in [2.24, 2.45) is 11.1 Å². The number of hydrogen-bond donors (Lipinski definition) is 2. The average molecular weight is 255 g/mol. The van der Waals surface area contributed by atoms with Crippen LogP contribution < -0.4 is 11.1 Å². The maximum absolute atomic E-state index is 12.1. The molecule has 0 aliphatic carbocycles. The Balaban J connectivity index is 2.54. The first kappa shape index (κ1) is 15.0. The minimum atomic E-state index is -0.722. The molecular weight excluding hydrogens is 230 g/mol. The largest absolute Gasteiger partial charge is 0.330 e. The first-order chi connectivity index (χ1) is 8.25. The summed E-state index contributed by atoms with van der Waals surface area (Å²) in [5, 5.41) is 2.75. The van der Waals surface area contributed by atoms with E-state index in [9.17, 15) is 9.59 Å². The van der Waals surface area contributed by atoms with Crippen LogP contribution in [-0.2, 0) is 4.79 Å². The number of amides is 3. The molecule has 0 bridgehead atoms. The fraction of sp³-hybridized carbons (Fsp3) is 0.846. The van der Waals surface area contributed by atoms with Crippen LogP contribution in [0, 0.1) is 5.41 Å². The second kappa shape index (κ2) is 5.26. The molecule has 1 unspecified atom stereocenters. The molecule has 5 heteroatoms. The van der Waals surface area contributed by atoms with Gasteiger partial charge in [-0.25, -0.2) is 4.79 Å². The van der Waals surface area contributed by atoms with Gasteiger partial charge in [-0.15, -0.1) is 0 Å². The van der Waals surface area contributed by atoms with Crippen LogP contribution >= 0.6 is 0 Å². The van der Waals surface area contributed by atoms with E-state index < -0.39 is 5.54 Å². The molecule has 0 radical (unpaired) electrons. The lowest BCUT2D eigenvalue weighted by molar-refractivity contribution is -0.130. The van der Waals surface area contributed by atoms with Gasteiger partial charge in [0.1, 0.15) is 5.54 Å². The van der Waals surface area contributed by atoms with Gasteiger partial charge in [-0.1, -0.05) is 20.8 Å². The molecule has 104 valence electrons. The maximum Gasteiger partial charge on any atom is 0.325 e. The van der Waals surface area contributed by atoms with Crippen LogP contribution in [0.2, 0.25) is 0 Å². The molecule has 1 aliphatic heterocycles. The molecule has 5 nitrogen and oxygen atoms in total. The van der Waals surface area contributed by atoms with Gasteiger partial charge in [0.25, 0.3) is 5.91 Å². The Morgan fingerprint density at radius 2 is 2.00 bits per heavy atom. The number of nitrogens with one attached hydrogen (secondary N) is 1. The van der Waals surface area contributed by atoms with Crippen LogP contribution in [0.15, 0.2) is 0 Å². The lowest BCUT2D eigenvalue weighted by atomic mass is 9.88. The number of urea groups is 1. The Bertz CT molecular complexity index is 341. The Morgan fingerprint density at radius 3 is 2.44 bits per heavy atom. The molecule has 0 aromatic carbocycles. The van der Waals surface area contributed by atoms with Gasteiger partial charge in [0.05, 0.1) is 0 Å². The Morgan fingerprint density at radius 1 is 1.39 bits per heavy atom. The summed E-state index contributed by atoms with van der Waals surface area (Å²) < 4.78 is 0. The third kappa shape index (κ3) is 3.02. The van der Waals surface area contributed by atoms with Gasteiger partial charge in [-0.05, 0) is 38.1 Å². The van der Waals surface area contributed by atoms with E-state index in [-0.39, 0.29) is 17.4 Å². The molecule has 1 atom stereocenters. The summed E-state index contributed by atoms with van der Waals surface area (Å²) in [6.07, 6.45) is 2.31. The summed E-state index contributed by atoms with van der Waals surface area (Å²) >= 11 is 0. The molecule has 1 saturated heterocycles. The highest BCUT2D eigenvalue weighted by Gasteiger charge is 2.46. The van der Waals surface area contributed by atoms with Crippen molar-refractivity contribution in [3.63, 3.8) is 0 Å². The number of carbonyl (C=O) groups is 2. The molecule has 3 N–H and O–H groups in total. The molecule has 0 aromatic rings.